The third kappa shape index (κ3) is 5.40. The molecule has 34 heavy (non-hydrogen) atoms. The van der Waals surface area contributed by atoms with Gasteiger partial charge in [0.2, 0.25) is 5.91 Å². The summed E-state index contributed by atoms with van der Waals surface area (Å²) in [4.78, 5) is 17.3. The van der Waals surface area contributed by atoms with Gasteiger partial charge >= 0.3 is 0 Å². The van der Waals surface area contributed by atoms with Crippen molar-refractivity contribution in [2.24, 2.45) is 0 Å². The summed E-state index contributed by atoms with van der Waals surface area (Å²) in [5.41, 5.74) is 3.38. The predicted octanol–water partition coefficient (Wildman–Crippen LogP) is 5.48. The first kappa shape index (κ1) is 23.8. The zero-order valence-electron chi connectivity index (χ0n) is 19.0. The topological polar surface area (TPSA) is 81.9 Å². The average molecular weight is 494 g/mol. The van der Waals surface area contributed by atoms with Crippen molar-refractivity contribution in [1.29, 1.82) is 0 Å². The Kier molecular flexibility index (Phi) is 7.49. The van der Waals surface area contributed by atoms with Gasteiger partial charge in [-0.1, -0.05) is 53.7 Å². The van der Waals surface area contributed by atoms with Gasteiger partial charge in [-0.3, -0.25) is 14.3 Å². The molecular formula is C25H24ClN5O2S. The Morgan fingerprint density at radius 1 is 1.18 bits per heavy atom. The minimum absolute atomic E-state index is 0.179. The number of thioether (sulfide) groups is 1. The fourth-order valence-electron chi connectivity index (χ4n) is 3.37. The van der Waals surface area contributed by atoms with E-state index in [9.17, 15) is 4.79 Å². The van der Waals surface area contributed by atoms with Crippen LogP contribution < -0.4 is 10.1 Å². The van der Waals surface area contributed by atoms with Crippen LogP contribution in [-0.2, 0) is 11.3 Å². The molecule has 1 amide bonds. The number of benzene rings is 2. The Morgan fingerprint density at radius 2 is 1.97 bits per heavy atom. The summed E-state index contributed by atoms with van der Waals surface area (Å²) >= 11 is 7.53. The smallest absolute Gasteiger partial charge is 0.237 e. The third-order valence-electron chi connectivity index (χ3n) is 5.21. The van der Waals surface area contributed by atoms with E-state index in [0.717, 1.165) is 16.7 Å². The molecule has 7 nitrogen and oxygen atoms in total. The number of rotatable bonds is 8. The normalized spacial score (nSPS) is 11.8. The van der Waals surface area contributed by atoms with E-state index in [1.54, 1.807) is 31.6 Å². The molecule has 9 heteroatoms. The van der Waals surface area contributed by atoms with Crippen molar-refractivity contribution in [3.63, 3.8) is 0 Å². The minimum atomic E-state index is -0.443. The highest BCUT2D eigenvalue weighted by Gasteiger charge is 2.22. The van der Waals surface area contributed by atoms with E-state index in [4.69, 9.17) is 16.3 Å². The van der Waals surface area contributed by atoms with Crippen molar-refractivity contribution >= 4 is 35.0 Å². The van der Waals surface area contributed by atoms with Crippen molar-refractivity contribution in [2.45, 2.75) is 30.8 Å². The Bertz CT molecular complexity index is 1280. The zero-order chi connectivity index (χ0) is 24.1. The molecule has 2 heterocycles. The molecule has 1 unspecified atom stereocenters. The molecule has 0 radical (unpaired) electrons. The van der Waals surface area contributed by atoms with Gasteiger partial charge in [0.1, 0.15) is 5.75 Å². The maximum atomic E-state index is 13.0. The van der Waals surface area contributed by atoms with E-state index in [2.05, 4.69) is 20.5 Å². The summed E-state index contributed by atoms with van der Waals surface area (Å²) < 4.78 is 7.39. The van der Waals surface area contributed by atoms with Crippen molar-refractivity contribution in [3.8, 4) is 17.1 Å². The minimum Gasteiger partial charge on any atom is -0.495 e. The van der Waals surface area contributed by atoms with Crippen LogP contribution in [0, 0.1) is 6.92 Å². The summed E-state index contributed by atoms with van der Waals surface area (Å²) in [6.07, 6.45) is 3.47. The third-order valence-corrected chi connectivity index (χ3v) is 6.70. The molecule has 4 aromatic rings. The average Bonchev–Trinajstić information content (AvgIpc) is 3.24. The first-order valence-corrected chi connectivity index (χ1v) is 11.9. The zero-order valence-corrected chi connectivity index (χ0v) is 20.6. The van der Waals surface area contributed by atoms with Crippen LogP contribution in [0.1, 0.15) is 18.1 Å². The van der Waals surface area contributed by atoms with Crippen LogP contribution in [0.25, 0.3) is 11.4 Å². The maximum absolute atomic E-state index is 13.0. The highest BCUT2D eigenvalue weighted by Crippen LogP contribution is 2.32. The Labute approximate surface area is 207 Å². The highest BCUT2D eigenvalue weighted by molar-refractivity contribution is 8.00. The first-order chi connectivity index (χ1) is 16.5. The number of ether oxygens (including phenoxy) is 1. The molecular weight excluding hydrogens is 470 g/mol. The van der Waals surface area contributed by atoms with Crippen LogP contribution in [0.2, 0.25) is 5.02 Å². The Balaban J connectivity index is 1.59. The van der Waals surface area contributed by atoms with Gasteiger partial charge in [-0.2, -0.15) is 0 Å². The second-order valence-electron chi connectivity index (χ2n) is 7.67. The SMILES string of the molecule is COc1cc(Cl)c(C)cc1NC(=O)C(C)Sc1nnc(-c2cccnc2)n1Cc1ccccc1. The lowest BCUT2D eigenvalue weighted by molar-refractivity contribution is -0.115. The standard InChI is InChI=1S/C25H24ClN5O2S/c1-16-12-21(22(33-3)13-20(16)26)28-24(32)17(2)34-25-30-29-23(19-10-7-11-27-14-19)31(25)15-18-8-5-4-6-9-18/h4-14,17H,15H2,1-3H3,(H,28,32). The van der Waals surface area contributed by atoms with Crippen molar-refractivity contribution < 1.29 is 9.53 Å². The molecule has 0 aliphatic heterocycles. The van der Waals surface area contributed by atoms with E-state index in [-0.39, 0.29) is 5.91 Å². The number of anilines is 1. The molecule has 1 atom stereocenters. The molecule has 0 saturated heterocycles. The summed E-state index contributed by atoms with van der Waals surface area (Å²) in [5, 5.41) is 12.5. The molecule has 2 aromatic heterocycles. The summed E-state index contributed by atoms with van der Waals surface area (Å²) in [7, 11) is 1.54. The maximum Gasteiger partial charge on any atom is 0.237 e. The monoisotopic (exact) mass is 493 g/mol. The molecule has 0 spiro atoms. The van der Waals surface area contributed by atoms with E-state index in [1.165, 1.54) is 11.8 Å². The van der Waals surface area contributed by atoms with Crippen molar-refractivity contribution in [2.75, 3.05) is 12.4 Å². The van der Waals surface area contributed by atoms with Gasteiger partial charge < -0.3 is 10.1 Å². The predicted molar refractivity (Wildman–Crippen MR) is 135 cm³/mol. The van der Waals surface area contributed by atoms with Crippen molar-refractivity contribution in [1.82, 2.24) is 19.7 Å². The molecule has 0 bridgehead atoms. The van der Waals surface area contributed by atoms with Crippen LogP contribution >= 0.6 is 23.4 Å². The molecule has 0 saturated carbocycles. The number of aromatic nitrogens is 4. The van der Waals surface area contributed by atoms with Crippen molar-refractivity contribution in [3.05, 3.63) is 83.1 Å². The second kappa shape index (κ2) is 10.7. The number of amides is 1. The number of nitrogens with one attached hydrogen (secondary N) is 1. The number of halogens is 1. The Hall–Kier alpha value is -3.36. The second-order valence-corrected chi connectivity index (χ2v) is 9.39. The number of nitrogens with zero attached hydrogens (tertiary/aromatic N) is 4. The van der Waals surface area contributed by atoms with Gasteiger partial charge in [0.25, 0.3) is 0 Å². The van der Waals surface area contributed by atoms with Crippen LogP contribution in [0.4, 0.5) is 5.69 Å². The quantitative estimate of drug-likeness (QED) is 0.327. The van der Waals surface area contributed by atoms with Gasteiger partial charge in [-0.05, 0) is 43.2 Å². The summed E-state index contributed by atoms with van der Waals surface area (Å²) in [6.45, 7) is 4.28. The van der Waals surface area contributed by atoms with Gasteiger partial charge in [0.05, 0.1) is 24.6 Å². The molecule has 1 N–H and O–H groups in total. The molecule has 0 aliphatic rings. The lowest BCUT2D eigenvalue weighted by atomic mass is 10.2. The Morgan fingerprint density at radius 3 is 2.68 bits per heavy atom. The number of hydrogen-bond acceptors (Lipinski definition) is 6. The molecule has 0 aliphatic carbocycles. The lowest BCUT2D eigenvalue weighted by Gasteiger charge is -2.16. The molecule has 0 fully saturated rings. The number of aryl methyl sites for hydroxylation is 1. The largest absolute Gasteiger partial charge is 0.495 e. The van der Waals surface area contributed by atoms with Gasteiger partial charge in [-0.15, -0.1) is 10.2 Å². The summed E-state index contributed by atoms with van der Waals surface area (Å²) in [5.74, 6) is 1.02. The molecule has 4 rings (SSSR count). The van der Waals surface area contributed by atoms with E-state index in [0.29, 0.717) is 34.0 Å². The number of carbonyl (C=O) groups is 1. The molecule has 2 aromatic carbocycles. The summed E-state index contributed by atoms with van der Waals surface area (Å²) in [6, 6.07) is 17.4. The van der Waals surface area contributed by atoms with Gasteiger partial charge in [0, 0.05) is 29.0 Å². The van der Waals surface area contributed by atoms with Crippen LogP contribution in [0.3, 0.4) is 0 Å². The van der Waals surface area contributed by atoms with E-state index in [1.807, 2.05) is 60.9 Å². The lowest BCUT2D eigenvalue weighted by Crippen LogP contribution is -2.23. The van der Waals surface area contributed by atoms with Gasteiger partial charge in [0.15, 0.2) is 11.0 Å². The van der Waals surface area contributed by atoms with Crippen LogP contribution in [0.15, 0.2) is 72.1 Å². The number of pyridine rings is 1. The van der Waals surface area contributed by atoms with E-state index < -0.39 is 5.25 Å². The van der Waals surface area contributed by atoms with E-state index >= 15 is 0 Å². The van der Waals surface area contributed by atoms with Gasteiger partial charge in [-0.25, -0.2) is 0 Å². The fraction of sp³-hybridized carbons (Fsp3) is 0.200. The number of carbonyl (C=O) groups excluding carboxylic acids is 1. The first-order valence-electron chi connectivity index (χ1n) is 10.7. The molecule has 174 valence electrons. The van der Waals surface area contributed by atoms with Crippen LogP contribution in [-0.4, -0.2) is 38.0 Å². The number of methoxy groups -OCH3 is 1. The highest BCUT2D eigenvalue weighted by atomic mass is 35.5. The fourth-order valence-corrected chi connectivity index (χ4v) is 4.37. The van der Waals surface area contributed by atoms with Crippen LogP contribution in [0.5, 0.6) is 5.75 Å². The number of hydrogen-bond donors (Lipinski definition) is 1.